The number of fused-ring (bicyclic) bond motifs is 4. The summed E-state index contributed by atoms with van der Waals surface area (Å²) in [6.45, 7) is -0.610. The number of carbonyl (C=O) groups excluding carboxylic acids is 1. The molecular weight excluding hydrogens is 290 g/mol. The van der Waals surface area contributed by atoms with E-state index in [1.54, 1.807) is 23.1 Å². The highest BCUT2D eigenvalue weighted by atomic mass is 19.3. The molecule has 3 fully saturated rings. The molecule has 0 aromatic heterocycles. The molecule has 0 aliphatic carbocycles. The van der Waals surface area contributed by atoms with Gasteiger partial charge in [-0.15, -0.1) is 0 Å². The van der Waals surface area contributed by atoms with Crippen LogP contribution >= 0.6 is 0 Å². The van der Waals surface area contributed by atoms with E-state index in [1.807, 2.05) is 0 Å². The monoisotopic (exact) mass is 310 g/mol. The van der Waals surface area contributed by atoms with Crippen LogP contribution in [0.5, 0.6) is 5.75 Å². The Hall–Kier alpha value is -1.69. The second kappa shape index (κ2) is 6.20. The van der Waals surface area contributed by atoms with Gasteiger partial charge < -0.3 is 14.5 Å². The first kappa shape index (κ1) is 15.2. The number of ether oxygens (including phenoxy) is 1. The maximum absolute atomic E-state index is 12.8. The van der Waals surface area contributed by atoms with Gasteiger partial charge in [-0.2, -0.15) is 8.78 Å². The van der Waals surface area contributed by atoms with Crippen LogP contribution in [0.3, 0.4) is 0 Å². The molecule has 3 saturated heterocycles. The third-order valence-corrected chi connectivity index (χ3v) is 4.61. The van der Waals surface area contributed by atoms with Gasteiger partial charge in [-0.3, -0.25) is 4.79 Å². The fourth-order valence-electron chi connectivity index (χ4n) is 3.49. The summed E-state index contributed by atoms with van der Waals surface area (Å²) in [4.78, 5) is 16.8. The quantitative estimate of drug-likeness (QED) is 0.860. The molecule has 3 heterocycles. The Morgan fingerprint density at radius 3 is 2.73 bits per heavy atom. The number of likely N-dealkylation sites (N-methyl/N-ethyl adjacent to an activating group) is 1. The Morgan fingerprint density at radius 1 is 1.23 bits per heavy atom. The van der Waals surface area contributed by atoms with Crippen LogP contribution in [0.1, 0.15) is 23.2 Å². The van der Waals surface area contributed by atoms with Gasteiger partial charge in [0.25, 0.3) is 5.91 Å². The average Bonchev–Trinajstić information content (AvgIpc) is 2.77. The molecule has 0 spiro atoms. The molecule has 3 aliphatic heterocycles. The molecule has 120 valence electrons. The summed E-state index contributed by atoms with van der Waals surface area (Å²) in [5, 5.41) is 0. The first-order valence-corrected chi connectivity index (χ1v) is 7.58. The molecular formula is C16H20F2N2O2. The number of hydrogen-bond acceptors (Lipinski definition) is 3. The van der Waals surface area contributed by atoms with E-state index in [0.29, 0.717) is 25.0 Å². The van der Waals surface area contributed by atoms with Crippen molar-refractivity contribution < 1.29 is 18.3 Å². The third-order valence-electron chi connectivity index (χ3n) is 4.61. The number of alkyl halides is 2. The minimum absolute atomic E-state index is 0.0487. The molecule has 0 saturated carbocycles. The smallest absolute Gasteiger partial charge is 0.387 e. The van der Waals surface area contributed by atoms with Gasteiger partial charge in [0.05, 0.1) is 5.56 Å². The summed E-state index contributed by atoms with van der Waals surface area (Å²) in [6.07, 6.45) is 2.20. The van der Waals surface area contributed by atoms with E-state index in [0.717, 1.165) is 19.4 Å². The van der Waals surface area contributed by atoms with Crippen LogP contribution in [0.2, 0.25) is 0 Å². The number of rotatable bonds is 3. The fourth-order valence-corrected chi connectivity index (χ4v) is 3.49. The predicted molar refractivity (Wildman–Crippen MR) is 78.1 cm³/mol. The van der Waals surface area contributed by atoms with Crippen molar-refractivity contribution in [2.75, 3.05) is 26.7 Å². The molecule has 0 unspecified atom stereocenters. The molecule has 1 amide bonds. The molecule has 2 bridgehead atoms. The highest BCUT2D eigenvalue weighted by Crippen LogP contribution is 2.29. The van der Waals surface area contributed by atoms with Gasteiger partial charge in [0.15, 0.2) is 0 Å². The van der Waals surface area contributed by atoms with Gasteiger partial charge in [0.1, 0.15) is 5.75 Å². The van der Waals surface area contributed by atoms with E-state index in [2.05, 4.69) is 16.7 Å². The van der Waals surface area contributed by atoms with Crippen molar-refractivity contribution in [2.24, 2.45) is 5.92 Å². The van der Waals surface area contributed by atoms with Gasteiger partial charge in [0, 0.05) is 25.7 Å². The lowest BCUT2D eigenvalue weighted by molar-refractivity contribution is -0.0502. The van der Waals surface area contributed by atoms with Crippen molar-refractivity contribution in [3.8, 4) is 5.75 Å². The first-order valence-electron chi connectivity index (χ1n) is 7.58. The standard InChI is InChI=1S/C16H20F2N2O2/c1-19-8-11-6-7-12(19)10-20(9-11)15(21)13-4-2-3-5-14(13)22-16(17)18/h2-5,11-12,16H,6-10H2,1H3/t11-,12-/m1/s1. The summed E-state index contributed by atoms with van der Waals surface area (Å²) in [5.74, 6) is 0.187. The zero-order chi connectivity index (χ0) is 15.7. The van der Waals surface area contributed by atoms with Gasteiger partial charge in [-0.25, -0.2) is 0 Å². The lowest BCUT2D eigenvalue weighted by Crippen LogP contribution is -2.42. The Kier molecular flexibility index (Phi) is 4.29. The number of piperidine rings is 1. The molecule has 6 heteroatoms. The zero-order valence-electron chi connectivity index (χ0n) is 12.5. The van der Waals surface area contributed by atoms with Crippen molar-refractivity contribution in [1.29, 1.82) is 0 Å². The molecule has 4 nitrogen and oxygen atoms in total. The van der Waals surface area contributed by atoms with Gasteiger partial charge in [-0.1, -0.05) is 12.1 Å². The Bertz CT molecular complexity index is 553. The lowest BCUT2D eigenvalue weighted by atomic mass is 9.96. The molecule has 4 rings (SSSR count). The van der Waals surface area contributed by atoms with E-state index < -0.39 is 6.61 Å². The summed E-state index contributed by atoms with van der Waals surface area (Å²) >= 11 is 0. The van der Waals surface area contributed by atoms with E-state index in [9.17, 15) is 13.6 Å². The Labute approximate surface area is 128 Å². The normalized spacial score (nSPS) is 25.4. The van der Waals surface area contributed by atoms with Crippen molar-refractivity contribution in [3.63, 3.8) is 0 Å². The average molecular weight is 310 g/mol. The number of halogens is 2. The summed E-state index contributed by atoms with van der Waals surface area (Å²) < 4.78 is 29.5. The molecule has 22 heavy (non-hydrogen) atoms. The first-order chi connectivity index (χ1) is 10.5. The molecule has 2 atom stereocenters. The number of amides is 1. The minimum Gasteiger partial charge on any atom is -0.434 e. The lowest BCUT2D eigenvalue weighted by Gasteiger charge is -2.32. The second-order valence-electron chi connectivity index (χ2n) is 6.12. The topological polar surface area (TPSA) is 32.8 Å². The third kappa shape index (κ3) is 3.06. The van der Waals surface area contributed by atoms with Crippen LogP contribution in [-0.2, 0) is 0 Å². The Balaban J connectivity index is 1.82. The van der Waals surface area contributed by atoms with E-state index >= 15 is 0 Å². The molecule has 0 radical (unpaired) electrons. The molecule has 0 N–H and O–H groups in total. The van der Waals surface area contributed by atoms with E-state index in [4.69, 9.17) is 0 Å². The zero-order valence-corrected chi connectivity index (χ0v) is 12.5. The van der Waals surface area contributed by atoms with Gasteiger partial charge >= 0.3 is 6.61 Å². The van der Waals surface area contributed by atoms with Crippen molar-refractivity contribution in [2.45, 2.75) is 25.5 Å². The van der Waals surface area contributed by atoms with Crippen molar-refractivity contribution in [1.82, 2.24) is 9.80 Å². The largest absolute Gasteiger partial charge is 0.434 e. The number of para-hydroxylation sites is 1. The minimum atomic E-state index is -2.93. The maximum Gasteiger partial charge on any atom is 0.387 e. The van der Waals surface area contributed by atoms with Crippen molar-refractivity contribution >= 4 is 5.91 Å². The highest BCUT2D eigenvalue weighted by molar-refractivity contribution is 5.97. The summed E-state index contributed by atoms with van der Waals surface area (Å²) in [5.41, 5.74) is 0.215. The second-order valence-corrected chi connectivity index (χ2v) is 6.12. The van der Waals surface area contributed by atoms with E-state index in [-0.39, 0.29) is 17.2 Å². The molecule has 3 aliphatic rings. The van der Waals surface area contributed by atoms with Crippen LogP contribution in [-0.4, -0.2) is 55.0 Å². The van der Waals surface area contributed by atoms with Gasteiger partial charge in [-0.05, 0) is 37.9 Å². The number of carbonyl (C=O) groups is 1. The van der Waals surface area contributed by atoms with Crippen LogP contribution in [0, 0.1) is 5.92 Å². The van der Waals surface area contributed by atoms with Crippen LogP contribution in [0.25, 0.3) is 0 Å². The predicted octanol–water partition coefficient (Wildman–Crippen LogP) is 2.45. The highest BCUT2D eigenvalue weighted by Gasteiger charge is 2.35. The number of nitrogens with zero attached hydrogens (tertiary/aromatic N) is 2. The molecule has 1 aromatic rings. The van der Waals surface area contributed by atoms with Crippen molar-refractivity contribution in [3.05, 3.63) is 29.8 Å². The van der Waals surface area contributed by atoms with Gasteiger partial charge in [0.2, 0.25) is 0 Å². The van der Waals surface area contributed by atoms with E-state index in [1.165, 1.54) is 6.07 Å². The van der Waals surface area contributed by atoms with Crippen LogP contribution < -0.4 is 4.74 Å². The van der Waals surface area contributed by atoms with Crippen LogP contribution in [0.4, 0.5) is 8.78 Å². The summed E-state index contributed by atoms with van der Waals surface area (Å²) in [7, 11) is 2.08. The number of benzene rings is 1. The summed E-state index contributed by atoms with van der Waals surface area (Å²) in [6, 6.07) is 6.58. The maximum atomic E-state index is 12.8. The van der Waals surface area contributed by atoms with Crippen LogP contribution in [0.15, 0.2) is 24.3 Å². The Morgan fingerprint density at radius 2 is 2.00 bits per heavy atom. The fraction of sp³-hybridized carbons (Fsp3) is 0.562. The SMILES string of the molecule is CN1C[C@H]2CC[C@@H]1CN(C(=O)c1ccccc1OC(F)F)C2. The number of hydrogen-bond donors (Lipinski definition) is 0. The molecule has 1 aromatic carbocycles.